The number of hydrogen-bond donors (Lipinski definition) is 3. The first-order valence-electron chi connectivity index (χ1n) is 6.64. The molecular formula is C16H12N4O3S. The van der Waals surface area contributed by atoms with E-state index in [1.165, 1.54) is 36.4 Å². The third-order valence-electron chi connectivity index (χ3n) is 2.91. The molecule has 0 bridgehead atoms. The summed E-state index contributed by atoms with van der Waals surface area (Å²) in [5, 5.41) is 29.3. The lowest BCUT2D eigenvalue weighted by Crippen LogP contribution is -2.14. The zero-order valence-corrected chi connectivity index (χ0v) is 13.1. The lowest BCUT2D eigenvalue weighted by atomic mass is 10.3. The Morgan fingerprint density at radius 3 is 2.29 bits per heavy atom. The van der Waals surface area contributed by atoms with Gasteiger partial charge in [0, 0.05) is 11.9 Å². The summed E-state index contributed by atoms with van der Waals surface area (Å²) in [6, 6.07) is 15.0. The quantitative estimate of drug-likeness (QED) is 0.567. The van der Waals surface area contributed by atoms with Crippen molar-refractivity contribution in [2.75, 3.05) is 10.0 Å². The highest BCUT2D eigenvalue weighted by Gasteiger charge is 2.18. The van der Waals surface area contributed by atoms with Crippen LogP contribution in [0.1, 0.15) is 0 Å². The summed E-state index contributed by atoms with van der Waals surface area (Å²) in [6.45, 7) is 0. The van der Waals surface area contributed by atoms with Gasteiger partial charge in [0.2, 0.25) is 0 Å². The molecule has 2 aromatic rings. The molecular weight excluding hydrogens is 328 g/mol. The summed E-state index contributed by atoms with van der Waals surface area (Å²) < 4.78 is 27.4. The van der Waals surface area contributed by atoms with Crippen molar-refractivity contribution >= 4 is 21.4 Å². The van der Waals surface area contributed by atoms with Crippen LogP contribution in [0, 0.1) is 22.7 Å². The summed E-state index contributed by atoms with van der Waals surface area (Å²) >= 11 is 0. The third kappa shape index (κ3) is 4.03. The van der Waals surface area contributed by atoms with Crippen molar-refractivity contribution in [3.05, 3.63) is 60.3 Å². The number of nitriles is 2. The van der Waals surface area contributed by atoms with Crippen LogP contribution in [0.2, 0.25) is 0 Å². The number of aromatic hydroxyl groups is 1. The van der Waals surface area contributed by atoms with Crippen LogP contribution in [0.4, 0.5) is 11.4 Å². The van der Waals surface area contributed by atoms with Crippen LogP contribution in [-0.2, 0) is 10.0 Å². The summed E-state index contributed by atoms with van der Waals surface area (Å²) in [7, 11) is -3.91. The highest BCUT2D eigenvalue weighted by molar-refractivity contribution is 7.92. The second-order valence-electron chi connectivity index (χ2n) is 4.57. The van der Waals surface area contributed by atoms with Crippen LogP contribution in [0.5, 0.6) is 5.75 Å². The second-order valence-corrected chi connectivity index (χ2v) is 6.23. The summed E-state index contributed by atoms with van der Waals surface area (Å²) in [5.41, 5.74) is 0.313. The maximum absolute atomic E-state index is 12.5. The fraction of sp³-hybridized carbons (Fsp3) is 0. The van der Waals surface area contributed by atoms with Crippen molar-refractivity contribution < 1.29 is 13.5 Å². The number of benzene rings is 2. The zero-order chi connectivity index (χ0) is 17.6. The van der Waals surface area contributed by atoms with Crippen molar-refractivity contribution in [2.24, 2.45) is 0 Å². The molecule has 3 N–H and O–H groups in total. The normalized spacial score (nSPS) is 10.1. The number of hydrogen-bond acceptors (Lipinski definition) is 6. The summed E-state index contributed by atoms with van der Waals surface area (Å²) in [4.78, 5) is -0.0513. The summed E-state index contributed by atoms with van der Waals surface area (Å²) in [5.74, 6) is 0.0192. The smallest absolute Gasteiger partial charge is 0.263 e. The van der Waals surface area contributed by atoms with Gasteiger partial charge in [-0.25, -0.2) is 8.42 Å². The zero-order valence-electron chi connectivity index (χ0n) is 12.3. The van der Waals surface area contributed by atoms with Crippen LogP contribution in [0.3, 0.4) is 0 Å². The molecule has 0 radical (unpaired) electrons. The Morgan fingerprint density at radius 2 is 1.67 bits per heavy atom. The van der Waals surface area contributed by atoms with Gasteiger partial charge in [-0.2, -0.15) is 10.5 Å². The number of allylic oxidation sites excluding steroid dienone is 1. The molecule has 0 amide bonds. The summed E-state index contributed by atoms with van der Waals surface area (Å²) in [6.07, 6.45) is 1.13. The molecule has 8 heteroatoms. The van der Waals surface area contributed by atoms with E-state index in [1.807, 2.05) is 0 Å². The number of para-hydroxylation sites is 1. The van der Waals surface area contributed by atoms with Gasteiger partial charge in [-0.15, -0.1) is 0 Å². The molecule has 0 saturated carbocycles. The molecule has 0 heterocycles. The minimum Gasteiger partial charge on any atom is -0.508 e. The molecule has 0 spiro atoms. The Kier molecular flexibility index (Phi) is 5.05. The third-order valence-corrected chi connectivity index (χ3v) is 4.35. The van der Waals surface area contributed by atoms with E-state index < -0.39 is 10.0 Å². The average molecular weight is 340 g/mol. The van der Waals surface area contributed by atoms with E-state index in [-0.39, 0.29) is 27.6 Å². The number of rotatable bonds is 5. The molecule has 7 nitrogen and oxygen atoms in total. The predicted octanol–water partition coefficient (Wildman–Crippen LogP) is 2.54. The van der Waals surface area contributed by atoms with Crippen LogP contribution < -0.4 is 10.0 Å². The molecule has 0 atom stereocenters. The van der Waals surface area contributed by atoms with Gasteiger partial charge in [-0.1, -0.05) is 12.1 Å². The van der Waals surface area contributed by atoms with Gasteiger partial charge in [0.1, 0.15) is 28.4 Å². The average Bonchev–Trinajstić information content (AvgIpc) is 2.58. The van der Waals surface area contributed by atoms with Gasteiger partial charge in [0.15, 0.2) is 0 Å². The maximum atomic E-state index is 12.5. The van der Waals surface area contributed by atoms with E-state index in [4.69, 9.17) is 10.5 Å². The van der Waals surface area contributed by atoms with Gasteiger partial charge in [-0.3, -0.25) is 4.72 Å². The van der Waals surface area contributed by atoms with E-state index in [1.54, 1.807) is 24.3 Å². The maximum Gasteiger partial charge on any atom is 0.263 e. The number of anilines is 2. The Balaban J connectivity index is 2.34. The van der Waals surface area contributed by atoms with Crippen LogP contribution in [-0.4, -0.2) is 13.5 Å². The first kappa shape index (κ1) is 16.9. The van der Waals surface area contributed by atoms with Crippen molar-refractivity contribution in [3.63, 3.8) is 0 Å². The van der Waals surface area contributed by atoms with E-state index >= 15 is 0 Å². The molecule has 0 aliphatic carbocycles. The van der Waals surface area contributed by atoms with Crippen LogP contribution in [0.15, 0.2) is 65.2 Å². The van der Waals surface area contributed by atoms with E-state index in [9.17, 15) is 13.5 Å². The van der Waals surface area contributed by atoms with E-state index in [0.29, 0.717) is 0 Å². The Labute approximate surface area is 139 Å². The molecule has 0 aromatic heterocycles. The molecule has 120 valence electrons. The molecule has 0 fully saturated rings. The second kappa shape index (κ2) is 7.18. The highest BCUT2D eigenvalue weighted by atomic mass is 32.2. The molecule has 24 heavy (non-hydrogen) atoms. The molecule has 2 aromatic carbocycles. The standard InChI is InChI=1S/C16H12N4O3S/c17-9-12(10-18)11-19-15-3-1-2-4-16(15)24(22,23)20-13-5-7-14(21)8-6-13/h1-8,11,19-21H. The molecule has 0 unspecified atom stereocenters. The van der Waals surface area contributed by atoms with Crippen molar-refractivity contribution in [1.29, 1.82) is 10.5 Å². The van der Waals surface area contributed by atoms with Crippen molar-refractivity contribution in [2.45, 2.75) is 4.90 Å². The lowest BCUT2D eigenvalue weighted by Gasteiger charge is -2.12. The topological polar surface area (TPSA) is 126 Å². The van der Waals surface area contributed by atoms with Gasteiger partial charge < -0.3 is 10.4 Å². The van der Waals surface area contributed by atoms with Crippen molar-refractivity contribution in [1.82, 2.24) is 0 Å². The minimum absolute atomic E-state index is 0.0192. The van der Waals surface area contributed by atoms with Gasteiger partial charge in [0.25, 0.3) is 10.0 Å². The fourth-order valence-corrected chi connectivity index (χ4v) is 3.03. The SMILES string of the molecule is N#CC(C#N)=CNc1ccccc1S(=O)(=O)Nc1ccc(O)cc1. The van der Waals surface area contributed by atoms with Gasteiger partial charge in [-0.05, 0) is 36.4 Å². The number of phenolic OH excluding ortho intramolecular Hbond substituents is 1. The predicted molar refractivity (Wildman–Crippen MR) is 88.3 cm³/mol. The Morgan fingerprint density at radius 1 is 1.04 bits per heavy atom. The molecule has 0 aliphatic rings. The largest absolute Gasteiger partial charge is 0.508 e. The van der Waals surface area contributed by atoms with E-state index in [2.05, 4.69) is 10.0 Å². The molecule has 0 saturated heterocycles. The molecule has 0 aliphatic heterocycles. The van der Waals surface area contributed by atoms with Crippen LogP contribution >= 0.6 is 0 Å². The number of nitrogens with one attached hydrogen (secondary N) is 2. The number of phenols is 1. The highest BCUT2D eigenvalue weighted by Crippen LogP contribution is 2.24. The lowest BCUT2D eigenvalue weighted by molar-refractivity contribution is 0.475. The minimum atomic E-state index is -3.91. The fourth-order valence-electron chi connectivity index (χ4n) is 1.80. The Bertz CT molecular complexity index is 936. The monoisotopic (exact) mass is 340 g/mol. The van der Waals surface area contributed by atoms with Gasteiger partial charge in [0.05, 0.1) is 5.69 Å². The van der Waals surface area contributed by atoms with Gasteiger partial charge >= 0.3 is 0 Å². The Hall–Kier alpha value is -3.49. The molecule has 2 rings (SSSR count). The first-order chi connectivity index (χ1) is 11.5. The van der Waals surface area contributed by atoms with Crippen molar-refractivity contribution in [3.8, 4) is 17.9 Å². The van der Waals surface area contributed by atoms with Crippen LogP contribution in [0.25, 0.3) is 0 Å². The number of nitrogens with zero attached hydrogens (tertiary/aromatic N) is 2. The first-order valence-corrected chi connectivity index (χ1v) is 8.12. The van der Waals surface area contributed by atoms with E-state index in [0.717, 1.165) is 6.20 Å². The number of sulfonamides is 1.